The van der Waals surface area contributed by atoms with Gasteiger partial charge in [-0.15, -0.1) is 0 Å². The van der Waals surface area contributed by atoms with E-state index < -0.39 is 11.7 Å². The summed E-state index contributed by atoms with van der Waals surface area (Å²) in [6.45, 7) is 7.98. The number of carbonyl (C=O) groups is 1. The van der Waals surface area contributed by atoms with Gasteiger partial charge in [-0.2, -0.15) is 0 Å². The molecule has 1 amide bonds. The van der Waals surface area contributed by atoms with Gasteiger partial charge in [0.1, 0.15) is 5.60 Å². The minimum atomic E-state index is -0.465. The standard InChI is InChI=1S/C15H21NO2/c1-5-8-12-9-6-7-10-13(12)11-16-14(17)18-15(2,3)4/h5-10H,11H2,1-4H3,(H,16,17). The van der Waals surface area contributed by atoms with Crippen molar-refractivity contribution in [2.24, 2.45) is 0 Å². The Morgan fingerprint density at radius 2 is 2.00 bits per heavy atom. The third-order valence-corrected chi connectivity index (χ3v) is 2.22. The summed E-state index contributed by atoms with van der Waals surface area (Å²) in [5.74, 6) is 0. The van der Waals surface area contributed by atoms with Crippen LogP contribution >= 0.6 is 0 Å². The van der Waals surface area contributed by atoms with Crippen molar-refractivity contribution in [2.75, 3.05) is 0 Å². The van der Waals surface area contributed by atoms with Gasteiger partial charge in [-0.05, 0) is 38.8 Å². The Morgan fingerprint density at radius 3 is 2.61 bits per heavy atom. The van der Waals surface area contributed by atoms with E-state index in [0.29, 0.717) is 6.54 Å². The van der Waals surface area contributed by atoms with E-state index >= 15 is 0 Å². The molecule has 1 N–H and O–H groups in total. The monoisotopic (exact) mass is 247 g/mol. The number of ether oxygens (including phenoxy) is 1. The topological polar surface area (TPSA) is 38.3 Å². The summed E-state index contributed by atoms with van der Waals surface area (Å²) in [7, 11) is 0. The van der Waals surface area contributed by atoms with E-state index in [0.717, 1.165) is 11.1 Å². The Labute approximate surface area is 109 Å². The number of carbonyl (C=O) groups excluding carboxylic acids is 1. The Kier molecular flexibility index (Phi) is 4.95. The fraction of sp³-hybridized carbons (Fsp3) is 0.400. The molecule has 0 spiro atoms. The number of nitrogens with one attached hydrogen (secondary N) is 1. The van der Waals surface area contributed by atoms with Gasteiger partial charge >= 0.3 is 6.09 Å². The van der Waals surface area contributed by atoms with Crippen LogP contribution in [0.4, 0.5) is 4.79 Å². The highest BCUT2D eigenvalue weighted by Crippen LogP contribution is 2.11. The highest BCUT2D eigenvalue weighted by Gasteiger charge is 2.15. The van der Waals surface area contributed by atoms with Crippen LogP contribution < -0.4 is 5.32 Å². The van der Waals surface area contributed by atoms with Gasteiger partial charge in [-0.1, -0.05) is 36.4 Å². The molecule has 0 aliphatic heterocycles. The van der Waals surface area contributed by atoms with Crippen LogP contribution in [0, 0.1) is 0 Å². The van der Waals surface area contributed by atoms with Crippen molar-refractivity contribution < 1.29 is 9.53 Å². The Hall–Kier alpha value is -1.77. The van der Waals surface area contributed by atoms with E-state index in [-0.39, 0.29) is 0 Å². The molecule has 1 aromatic rings. The summed E-state index contributed by atoms with van der Waals surface area (Å²) in [4.78, 5) is 11.5. The molecule has 0 aliphatic carbocycles. The van der Waals surface area contributed by atoms with Crippen molar-refractivity contribution in [1.29, 1.82) is 0 Å². The number of hydrogen-bond donors (Lipinski definition) is 1. The average molecular weight is 247 g/mol. The van der Waals surface area contributed by atoms with Gasteiger partial charge in [-0.25, -0.2) is 4.79 Å². The maximum Gasteiger partial charge on any atom is 0.407 e. The maximum atomic E-state index is 11.5. The van der Waals surface area contributed by atoms with Crippen LogP contribution in [0.15, 0.2) is 30.3 Å². The third-order valence-electron chi connectivity index (χ3n) is 2.22. The van der Waals surface area contributed by atoms with Crippen LogP contribution in [-0.4, -0.2) is 11.7 Å². The summed E-state index contributed by atoms with van der Waals surface area (Å²) in [6.07, 6.45) is 3.61. The molecule has 0 aromatic heterocycles. The molecule has 0 fully saturated rings. The van der Waals surface area contributed by atoms with Crippen molar-refractivity contribution in [3.63, 3.8) is 0 Å². The number of hydrogen-bond acceptors (Lipinski definition) is 2. The van der Waals surface area contributed by atoms with Crippen LogP contribution in [0.5, 0.6) is 0 Å². The van der Waals surface area contributed by atoms with Crippen molar-refractivity contribution in [2.45, 2.75) is 39.8 Å². The van der Waals surface area contributed by atoms with Crippen LogP contribution in [0.25, 0.3) is 6.08 Å². The second kappa shape index (κ2) is 6.24. The van der Waals surface area contributed by atoms with Gasteiger partial charge in [0.15, 0.2) is 0 Å². The predicted molar refractivity (Wildman–Crippen MR) is 74.2 cm³/mol. The number of rotatable bonds is 3. The largest absolute Gasteiger partial charge is 0.444 e. The lowest BCUT2D eigenvalue weighted by atomic mass is 10.1. The van der Waals surface area contributed by atoms with Crippen molar-refractivity contribution in [1.82, 2.24) is 5.32 Å². The van der Waals surface area contributed by atoms with E-state index in [9.17, 15) is 4.79 Å². The molecule has 0 heterocycles. The Balaban J connectivity index is 2.61. The van der Waals surface area contributed by atoms with E-state index in [4.69, 9.17) is 4.74 Å². The van der Waals surface area contributed by atoms with Crippen molar-refractivity contribution in [3.8, 4) is 0 Å². The number of amides is 1. The SMILES string of the molecule is CC=Cc1ccccc1CNC(=O)OC(C)(C)C. The van der Waals surface area contributed by atoms with Crippen LogP contribution in [0.2, 0.25) is 0 Å². The average Bonchev–Trinajstić information content (AvgIpc) is 2.26. The van der Waals surface area contributed by atoms with Crippen LogP contribution in [0.3, 0.4) is 0 Å². The second-order valence-electron chi connectivity index (χ2n) is 5.05. The molecule has 1 rings (SSSR count). The Bertz CT molecular complexity index is 430. The first-order valence-electron chi connectivity index (χ1n) is 6.10. The van der Waals surface area contributed by atoms with E-state index in [2.05, 4.69) is 5.32 Å². The Morgan fingerprint density at radius 1 is 1.33 bits per heavy atom. The third kappa shape index (κ3) is 5.04. The number of alkyl carbamates (subject to hydrolysis) is 1. The summed E-state index contributed by atoms with van der Waals surface area (Å²) in [5, 5.41) is 2.76. The predicted octanol–water partition coefficient (Wildman–Crippen LogP) is 3.74. The number of benzene rings is 1. The molecule has 0 saturated heterocycles. The van der Waals surface area contributed by atoms with Gasteiger partial charge in [0.25, 0.3) is 0 Å². The lowest BCUT2D eigenvalue weighted by Gasteiger charge is -2.19. The molecule has 0 aliphatic rings. The summed E-state index contributed by atoms with van der Waals surface area (Å²) >= 11 is 0. The van der Waals surface area contributed by atoms with Gasteiger partial charge in [0.05, 0.1) is 0 Å². The molecule has 3 nitrogen and oxygen atoms in total. The molecule has 0 atom stereocenters. The van der Waals surface area contributed by atoms with E-state index in [1.807, 2.05) is 64.1 Å². The quantitative estimate of drug-likeness (QED) is 0.883. The molecule has 0 unspecified atom stereocenters. The molecule has 18 heavy (non-hydrogen) atoms. The molecule has 0 radical (unpaired) electrons. The van der Waals surface area contributed by atoms with Gasteiger partial charge in [0, 0.05) is 6.54 Å². The minimum Gasteiger partial charge on any atom is -0.444 e. The highest BCUT2D eigenvalue weighted by molar-refractivity contribution is 5.68. The summed E-state index contributed by atoms with van der Waals surface area (Å²) < 4.78 is 5.19. The smallest absolute Gasteiger partial charge is 0.407 e. The second-order valence-corrected chi connectivity index (χ2v) is 5.05. The lowest BCUT2D eigenvalue weighted by Crippen LogP contribution is -2.32. The zero-order valence-electron chi connectivity index (χ0n) is 11.5. The van der Waals surface area contributed by atoms with Gasteiger partial charge < -0.3 is 10.1 Å². The van der Waals surface area contributed by atoms with E-state index in [1.165, 1.54) is 0 Å². The highest BCUT2D eigenvalue weighted by atomic mass is 16.6. The summed E-state index contributed by atoms with van der Waals surface area (Å²) in [6, 6.07) is 7.95. The molecule has 98 valence electrons. The first-order chi connectivity index (χ1) is 8.42. The van der Waals surface area contributed by atoms with Gasteiger partial charge in [-0.3, -0.25) is 0 Å². The van der Waals surface area contributed by atoms with Crippen molar-refractivity contribution >= 4 is 12.2 Å². The molecular formula is C15H21NO2. The fourth-order valence-corrected chi connectivity index (χ4v) is 1.52. The zero-order valence-corrected chi connectivity index (χ0v) is 11.5. The molecule has 3 heteroatoms. The first-order valence-corrected chi connectivity index (χ1v) is 6.10. The fourth-order valence-electron chi connectivity index (χ4n) is 1.52. The molecular weight excluding hydrogens is 226 g/mol. The lowest BCUT2D eigenvalue weighted by molar-refractivity contribution is 0.0523. The molecule has 0 saturated carbocycles. The van der Waals surface area contributed by atoms with E-state index in [1.54, 1.807) is 0 Å². The van der Waals surface area contributed by atoms with Crippen LogP contribution in [-0.2, 0) is 11.3 Å². The molecule has 0 bridgehead atoms. The minimum absolute atomic E-state index is 0.391. The first kappa shape index (κ1) is 14.3. The summed E-state index contributed by atoms with van der Waals surface area (Å²) in [5.41, 5.74) is 1.71. The zero-order chi connectivity index (χ0) is 13.6. The molecule has 1 aromatic carbocycles. The van der Waals surface area contributed by atoms with Gasteiger partial charge in [0.2, 0.25) is 0 Å². The number of allylic oxidation sites excluding steroid dienone is 1. The van der Waals surface area contributed by atoms with Crippen LogP contribution in [0.1, 0.15) is 38.8 Å². The normalized spacial score (nSPS) is 11.6. The van der Waals surface area contributed by atoms with Crippen molar-refractivity contribution in [3.05, 3.63) is 41.5 Å². The maximum absolute atomic E-state index is 11.5.